The fourth-order valence-electron chi connectivity index (χ4n) is 4.90. The first-order valence-corrected chi connectivity index (χ1v) is 12.9. The Labute approximate surface area is 182 Å². The van der Waals surface area contributed by atoms with Crippen LogP contribution in [0.25, 0.3) is 0 Å². The number of nitrogens with zero attached hydrogens (tertiary/aromatic N) is 2. The first-order chi connectivity index (χ1) is 14.1. The number of carbonyl (C=O) groups excluding carboxylic acids is 2. The van der Waals surface area contributed by atoms with E-state index in [1.807, 2.05) is 6.92 Å². The zero-order chi connectivity index (χ0) is 21.7. The molecule has 7 nitrogen and oxygen atoms in total. The molecule has 3 aliphatic heterocycles. The lowest BCUT2D eigenvalue weighted by Gasteiger charge is -2.34. The van der Waals surface area contributed by atoms with Gasteiger partial charge in [-0.2, -0.15) is 4.31 Å². The van der Waals surface area contributed by atoms with Crippen LogP contribution in [0, 0.1) is 11.8 Å². The highest BCUT2D eigenvalue weighted by atomic mass is 32.2. The zero-order valence-electron chi connectivity index (χ0n) is 17.6. The molecule has 3 heterocycles. The van der Waals surface area contributed by atoms with E-state index in [4.69, 9.17) is 0 Å². The van der Waals surface area contributed by atoms with Crippen LogP contribution in [0.15, 0.2) is 29.2 Å². The van der Waals surface area contributed by atoms with Crippen LogP contribution in [0.5, 0.6) is 0 Å². The van der Waals surface area contributed by atoms with Crippen LogP contribution in [0.2, 0.25) is 0 Å². The maximum absolute atomic E-state index is 13.0. The van der Waals surface area contributed by atoms with Gasteiger partial charge in [-0.15, -0.1) is 11.8 Å². The quantitative estimate of drug-likeness (QED) is 0.761. The number of fused-ring (bicyclic) bond motifs is 1. The maximum atomic E-state index is 13.0. The van der Waals surface area contributed by atoms with Gasteiger partial charge < -0.3 is 10.2 Å². The molecule has 0 aliphatic carbocycles. The summed E-state index contributed by atoms with van der Waals surface area (Å²) in [6.07, 6.45) is 2.28. The van der Waals surface area contributed by atoms with Crippen molar-refractivity contribution >= 4 is 39.3 Å². The van der Waals surface area contributed by atoms with Crippen molar-refractivity contribution in [2.24, 2.45) is 11.8 Å². The number of sulfonamides is 1. The third-order valence-electron chi connectivity index (χ3n) is 6.34. The van der Waals surface area contributed by atoms with E-state index in [-0.39, 0.29) is 21.6 Å². The van der Waals surface area contributed by atoms with E-state index < -0.39 is 16.1 Å². The van der Waals surface area contributed by atoms with Crippen molar-refractivity contribution in [2.45, 2.75) is 55.8 Å². The molecule has 3 fully saturated rings. The minimum absolute atomic E-state index is 0.0223. The molecule has 0 bridgehead atoms. The number of carbonyl (C=O) groups is 2. The van der Waals surface area contributed by atoms with Gasteiger partial charge in [0.25, 0.3) is 0 Å². The Balaban J connectivity index is 1.45. The normalized spacial score (nSPS) is 32.3. The summed E-state index contributed by atoms with van der Waals surface area (Å²) in [5.74, 6) is 1.05. The van der Waals surface area contributed by atoms with Crippen molar-refractivity contribution in [3.05, 3.63) is 24.3 Å². The number of hydrogen-bond donors (Lipinski definition) is 1. The summed E-state index contributed by atoms with van der Waals surface area (Å²) in [5, 5.41) is 2.85. The van der Waals surface area contributed by atoms with E-state index in [0.29, 0.717) is 42.8 Å². The van der Waals surface area contributed by atoms with Gasteiger partial charge in [0.05, 0.1) is 9.77 Å². The van der Waals surface area contributed by atoms with Crippen LogP contribution in [0.4, 0.5) is 5.69 Å². The van der Waals surface area contributed by atoms with Gasteiger partial charge in [0.15, 0.2) is 0 Å². The second-order valence-corrected chi connectivity index (χ2v) is 12.5. The monoisotopic (exact) mass is 451 g/mol. The summed E-state index contributed by atoms with van der Waals surface area (Å²) in [5.41, 5.74) is 0.532. The Kier molecular flexibility index (Phi) is 5.65. The number of hydrogen-bond acceptors (Lipinski definition) is 5. The molecule has 0 aromatic heterocycles. The minimum Gasteiger partial charge on any atom is -0.324 e. The van der Waals surface area contributed by atoms with Crippen LogP contribution in [-0.2, 0) is 19.6 Å². The van der Waals surface area contributed by atoms with Crippen molar-refractivity contribution in [1.29, 1.82) is 0 Å². The highest BCUT2D eigenvalue weighted by molar-refractivity contribution is 8.01. The van der Waals surface area contributed by atoms with Crippen molar-refractivity contribution < 1.29 is 18.0 Å². The number of anilines is 1. The Morgan fingerprint density at radius 1 is 1.17 bits per heavy atom. The van der Waals surface area contributed by atoms with Gasteiger partial charge in [0.2, 0.25) is 21.8 Å². The summed E-state index contributed by atoms with van der Waals surface area (Å²) in [7, 11) is -3.55. The fraction of sp³-hybridized carbons (Fsp3) is 0.619. The third kappa shape index (κ3) is 3.87. The Morgan fingerprint density at radius 3 is 2.43 bits per heavy atom. The second kappa shape index (κ2) is 7.84. The lowest BCUT2D eigenvalue weighted by atomic mass is 9.94. The molecule has 0 spiro atoms. The van der Waals surface area contributed by atoms with Gasteiger partial charge in [-0.3, -0.25) is 9.59 Å². The van der Waals surface area contributed by atoms with Gasteiger partial charge in [0, 0.05) is 31.0 Å². The number of amides is 2. The molecule has 3 aliphatic rings. The molecule has 3 saturated heterocycles. The number of benzene rings is 1. The molecule has 9 heteroatoms. The van der Waals surface area contributed by atoms with Crippen LogP contribution in [0.1, 0.15) is 40.0 Å². The lowest BCUT2D eigenvalue weighted by Crippen LogP contribution is -2.48. The van der Waals surface area contributed by atoms with Crippen molar-refractivity contribution in [3.63, 3.8) is 0 Å². The molecule has 1 N–H and O–H groups in total. The highest BCUT2D eigenvalue weighted by Gasteiger charge is 2.52. The molecule has 164 valence electrons. The maximum Gasteiger partial charge on any atom is 0.248 e. The van der Waals surface area contributed by atoms with Crippen molar-refractivity contribution in [3.8, 4) is 0 Å². The van der Waals surface area contributed by atoms with Crippen LogP contribution < -0.4 is 5.32 Å². The molecule has 2 amide bonds. The van der Waals surface area contributed by atoms with Gasteiger partial charge in [0.1, 0.15) is 6.04 Å². The number of thioether (sulfide) groups is 1. The largest absolute Gasteiger partial charge is 0.324 e. The molecule has 30 heavy (non-hydrogen) atoms. The molecule has 4 atom stereocenters. The third-order valence-corrected chi connectivity index (χ3v) is 9.69. The average molecular weight is 452 g/mol. The highest BCUT2D eigenvalue weighted by Crippen LogP contribution is 2.47. The van der Waals surface area contributed by atoms with E-state index in [1.165, 1.54) is 0 Å². The van der Waals surface area contributed by atoms with Crippen molar-refractivity contribution in [2.75, 3.05) is 24.2 Å². The summed E-state index contributed by atoms with van der Waals surface area (Å²) < 4.78 is 27.6. The van der Waals surface area contributed by atoms with E-state index >= 15 is 0 Å². The van der Waals surface area contributed by atoms with E-state index in [0.717, 1.165) is 12.8 Å². The molecule has 0 saturated carbocycles. The van der Waals surface area contributed by atoms with E-state index in [9.17, 15) is 18.0 Å². The first-order valence-electron chi connectivity index (χ1n) is 10.5. The molecular formula is C21H29N3O4S2. The second-order valence-electron chi connectivity index (χ2n) is 9.05. The fourth-order valence-corrected chi connectivity index (χ4v) is 8.01. The summed E-state index contributed by atoms with van der Waals surface area (Å²) in [6.45, 7) is 7.24. The van der Waals surface area contributed by atoms with Crippen LogP contribution >= 0.6 is 11.8 Å². The van der Waals surface area contributed by atoms with E-state index in [2.05, 4.69) is 19.2 Å². The Morgan fingerprint density at radius 2 is 1.80 bits per heavy atom. The van der Waals surface area contributed by atoms with Gasteiger partial charge in [-0.05, 0) is 55.9 Å². The van der Waals surface area contributed by atoms with Gasteiger partial charge in [-0.1, -0.05) is 13.8 Å². The Bertz CT molecular complexity index is 940. The first kappa shape index (κ1) is 21.6. The molecule has 1 aromatic rings. The topological polar surface area (TPSA) is 86.8 Å². The predicted octanol–water partition coefficient (Wildman–Crippen LogP) is 2.75. The SMILES string of the molecule is C[C@@H]1C[C@H](C)CN(S(=O)(=O)c2ccc(NC(=O)[C@@H]3CS[C@]4(C)CCC(=O)N34)cc2)C1. The predicted molar refractivity (Wildman–Crippen MR) is 118 cm³/mol. The molecule has 1 aromatic carbocycles. The number of piperidine rings is 1. The molecule has 0 radical (unpaired) electrons. The summed E-state index contributed by atoms with van der Waals surface area (Å²) >= 11 is 1.65. The smallest absolute Gasteiger partial charge is 0.248 e. The number of nitrogens with one attached hydrogen (secondary N) is 1. The van der Waals surface area contributed by atoms with E-state index in [1.54, 1.807) is 45.2 Å². The molecular weight excluding hydrogens is 422 g/mol. The standard InChI is InChI=1S/C21H29N3O4S2/c1-14-10-15(2)12-23(11-14)30(27,28)17-6-4-16(5-7-17)22-20(26)18-13-29-21(3)9-8-19(25)24(18)21/h4-7,14-15,18H,8-13H2,1-3H3,(H,22,26)/t14-,15+,18-,21+/m0/s1. The minimum atomic E-state index is -3.55. The van der Waals surface area contributed by atoms with Gasteiger partial charge >= 0.3 is 0 Å². The lowest BCUT2D eigenvalue weighted by molar-refractivity contribution is -0.135. The molecule has 4 rings (SSSR count). The zero-order valence-corrected chi connectivity index (χ0v) is 19.3. The summed E-state index contributed by atoms with van der Waals surface area (Å²) in [4.78, 5) is 26.7. The van der Waals surface area contributed by atoms with Crippen LogP contribution in [-0.4, -0.2) is 59.2 Å². The summed E-state index contributed by atoms with van der Waals surface area (Å²) in [6, 6.07) is 5.84. The van der Waals surface area contributed by atoms with Crippen molar-refractivity contribution in [1.82, 2.24) is 9.21 Å². The average Bonchev–Trinajstić information content (AvgIpc) is 3.17. The van der Waals surface area contributed by atoms with Crippen LogP contribution in [0.3, 0.4) is 0 Å². The van der Waals surface area contributed by atoms with Gasteiger partial charge in [-0.25, -0.2) is 8.42 Å². The molecule has 0 unspecified atom stereocenters. The number of rotatable bonds is 4. The Hall–Kier alpha value is -1.58.